The van der Waals surface area contributed by atoms with E-state index in [2.05, 4.69) is 38.5 Å². The molecule has 0 aliphatic heterocycles. The Balaban J connectivity index is 3.27. The Labute approximate surface area is 91.4 Å². The number of carbonyl (C=O) groups is 1. The summed E-state index contributed by atoms with van der Waals surface area (Å²) in [7, 11) is 0. The first kappa shape index (κ1) is 9.48. The molecule has 0 amide bonds. The number of benzene rings is 1. The fourth-order valence-corrected chi connectivity index (χ4v) is 1.87. The molecule has 0 atom stereocenters. The molecule has 1 rings (SSSR count). The molecule has 0 aliphatic rings. The molecule has 0 radical (unpaired) electrons. The average molecular weight is 345 g/mol. The minimum atomic E-state index is -0.435. The molecule has 4 heteroatoms. The van der Waals surface area contributed by atoms with E-state index in [0.29, 0.717) is 5.56 Å². The van der Waals surface area contributed by atoms with Crippen molar-refractivity contribution in [3.63, 3.8) is 0 Å². The Kier molecular flexibility index (Phi) is 3.33. The van der Waals surface area contributed by atoms with Crippen molar-refractivity contribution in [2.24, 2.45) is 0 Å². The van der Waals surface area contributed by atoms with E-state index < -0.39 is 5.24 Å². The van der Waals surface area contributed by atoms with Crippen LogP contribution >= 0.6 is 50.1 Å². The highest BCUT2D eigenvalue weighted by Crippen LogP contribution is 2.24. The van der Waals surface area contributed by atoms with E-state index in [0.717, 1.165) is 8.04 Å². The second-order valence-corrected chi connectivity index (χ2v) is 4.17. The summed E-state index contributed by atoms with van der Waals surface area (Å²) in [5.74, 6) is 0. The van der Waals surface area contributed by atoms with Gasteiger partial charge in [0.15, 0.2) is 0 Å². The first-order valence-corrected chi connectivity index (χ1v) is 5.01. The highest BCUT2D eigenvalue weighted by atomic mass is 127. The molecule has 0 N–H and O–H groups in total. The van der Waals surface area contributed by atoms with Gasteiger partial charge in [-0.2, -0.15) is 0 Å². The lowest BCUT2D eigenvalue weighted by Gasteiger charge is -1.99. The summed E-state index contributed by atoms with van der Waals surface area (Å²) in [6, 6.07) is 5.37. The van der Waals surface area contributed by atoms with E-state index in [-0.39, 0.29) is 0 Å². The monoisotopic (exact) mass is 344 g/mol. The summed E-state index contributed by atoms with van der Waals surface area (Å²) < 4.78 is 1.75. The number of hydrogen-bond acceptors (Lipinski definition) is 1. The van der Waals surface area contributed by atoms with Crippen LogP contribution in [0.2, 0.25) is 0 Å². The Hall–Kier alpha value is 0.390. The predicted molar refractivity (Wildman–Crippen MR) is 57.0 cm³/mol. The van der Waals surface area contributed by atoms with Crippen LogP contribution in [-0.2, 0) is 0 Å². The van der Waals surface area contributed by atoms with Crippen LogP contribution < -0.4 is 0 Å². The second kappa shape index (κ2) is 3.87. The van der Waals surface area contributed by atoms with E-state index in [9.17, 15) is 4.79 Å². The SMILES string of the molecule is O=C(Cl)c1cccc(I)c1Br. The molecule has 0 aromatic heterocycles. The average Bonchev–Trinajstić information content (AvgIpc) is 1.94. The maximum absolute atomic E-state index is 10.8. The molecule has 0 spiro atoms. The van der Waals surface area contributed by atoms with Gasteiger partial charge >= 0.3 is 0 Å². The van der Waals surface area contributed by atoms with Crippen molar-refractivity contribution in [1.29, 1.82) is 0 Å². The van der Waals surface area contributed by atoms with Crippen LogP contribution in [0, 0.1) is 3.57 Å². The molecule has 0 fully saturated rings. The van der Waals surface area contributed by atoms with Gasteiger partial charge in [0, 0.05) is 13.6 Å². The minimum Gasteiger partial charge on any atom is -0.276 e. The quantitative estimate of drug-likeness (QED) is 0.563. The van der Waals surface area contributed by atoms with E-state index in [4.69, 9.17) is 11.6 Å². The zero-order valence-corrected chi connectivity index (χ0v) is 9.77. The summed E-state index contributed by atoms with van der Waals surface area (Å²) in [5.41, 5.74) is 0.513. The molecular formula is C7H3BrClIO. The zero-order valence-electron chi connectivity index (χ0n) is 5.27. The summed E-state index contributed by atoms with van der Waals surface area (Å²) in [6.07, 6.45) is 0. The van der Waals surface area contributed by atoms with Crippen molar-refractivity contribution in [2.45, 2.75) is 0 Å². The molecule has 1 nitrogen and oxygen atoms in total. The molecule has 0 aliphatic carbocycles. The summed E-state index contributed by atoms with van der Waals surface area (Å²) >= 11 is 10.7. The largest absolute Gasteiger partial charge is 0.276 e. The van der Waals surface area contributed by atoms with Crippen LogP contribution in [0.3, 0.4) is 0 Å². The molecule has 0 saturated carbocycles. The topological polar surface area (TPSA) is 17.1 Å². The van der Waals surface area contributed by atoms with E-state index in [1.807, 2.05) is 6.07 Å². The summed E-state index contributed by atoms with van der Waals surface area (Å²) in [6.45, 7) is 0. The molecule has 11 heavy (non-hydrogen) atoms. The van der Waals surface area contributed by atoms with Gasteiger partial charge in [-0.25, -0.2) is 0 Å². The van der Waals surface area contributed by atoms with Crippen LogP contribution in [0.15, 0.2) is 22.7 Å². The lowest BCUT2D eigenvalue weighted by Crippen LogP contribution is -1.91. The number of carbonyl (C=O) groups excluding carboxylic acids is 1. The van der Waals surface area contributed by atoms with Gasteiger partial charge in [0.2, 0.25) is 0 Å². The van der Waals surface area contributed by atoms with E-state index in [1.165, 1.54) is 0 Å². The molecular weight excluding hydrogens is 342 g/mol. The van der Waals surface area contributed by atoms with Crippen molar-refractivity contribution in [3.05, 3.63) is 31.8 Å². The van der Waals surface area contributed by atoms with Crippen LogP contribution in [0.25, 0.3) is 0 Å². The van der Waals surface area contributed by atoms with Crippen LogP contribution in [0.4, 0.5) is 0 Å². The van der Waals surface area contributed by atoms with Gasteiger partial charge in [-0.15, -0.1) is 0 Å². The van der Waals surface area contributed by atoms with Crippen LogP contribution in [-0.4, -0.2) is 5.24 Å². The van der Waals surface area contributed by atoms with Gasteiger partial charge in [0.1, 0.15) is 0 Å². The van der Waals surface area contributed by atoms with Crippen molar-refractivity contribution in [2.75, 3.05) is 0 Å². The van der Waals surface area contributed by atoms with Gasteiger partial charge in [-0.05, 0) is 62.3 Å². The molecule has 0 bridgehead atoms. The summed E-state index contributed by atoms with van der Waals surface area (Å²) in [4.78, 5) is 10.8. The Morgan fingerprint density at radius 3 is 2.64 bits per heavy atom. The lowest BCUT2D eigenvalue weighted by atomic mass is 10.2. The van der Waals surface area contributed by atoms with Gasteiger partial charge in [-0.3, -0.25) is 4.79 Å². The number of hydrogen-bond donors (Lipinski definition) is 0. The predicted octanol–water partition coefficient (Wildman–Crippen LogP) is 3.43. The normalized spacial score (nSPS) is 9.73. The minimum absolute atomic E-state index is 0.435. The highest BCUT2D eigenvalue weighted by molar-refractivity contribution is 14.1. The third-order valence-corrected chi connectivity index (χ3v) is 3.86. The Bertz CT molecular complexity index is 300. The molecule has 1 aromatic rings. The molecule has 0 unspecified atom stereocenters. The third-order valence-electron chi connectivity index (χ3n) is 1.16. The molecule has 58 valence electrons. The first-order valence-electron chi connectivity index (χ1n) is 2.77. The van der Waals surface area contributed by atoms with Gasteiger partial charge in [0.25, 0.3) is 5.24 Å². The van der Waals surface area contributed by atoms with Crippen LogP contribution in [0.1, 0.15) is 10.4 Å². The maximum Gasteiger partial charge on any atom is 0.253 e. The van der Waals surface area contributed by atoms with Gasteiger partial charge in [-0.1, -0.05) is 6.07 Å². The molecule has 0 saturated heterocycles. The van der Waals surface area contributed by atoms with Crippen LogP contribution in [0.5, 0.6) is 0 Å². The highest BCUT2D eigenvalue weighted by Gasteiger charge is 2.07. The Morgan fingerprint density at radius 1 is 1.55 bits per heavy atom. The maximum atomic E-state index is 10.8. The zero-order chi connectivity index (χ0) is 8.43. The fraction of sp³-hybridized carbons (Fsp3) is 0. The van der Waals surface area contributed by atoms with Crippen molar-refractivity contribution in [3.8, 4) is 0 Å². The van der Waals surface area contributed by atoms with Crippen molar-refractivity contribution >= 4 is 55.4 Å². The van der Waals surface area contributed by atoms with E-state index in [1.54, 1.807) is 12.1 Å². The Morgan fingerprint density at radius 2 is 2.18 bits per heavy atom. The van der Waals surface area contributed by atoms with Gasteiger partial charge in [0.05, 0.1) is 0 Å². The third kappa shape index (κ3) is 2.16. The summed E-state index contributed by atoms with van der Waals surface area (Å²) in [5, 5.41) is -0.435. The second-order valence-electron chi connectivity index (χ2n) is 1.88. The smallest absolute Gasteiger partial charge is 0.253 e. The van der Waals surface area contributed by atoms with E-state index >= 15 is 0 Å². The fourth-order valence-electron chi connectivity index (χ4n) is 0.656. The van der Waals surface area contributed by atoms with Gasteiger partial charge < -0.3 is 0 Å². The standard InChI is InChI=1S/C7H3BrClIO/c8-6-4(7(9)11)2-1-3-5(6)10/h1-3H. The lowest BCUT2D eigenvalue weighted by molar-refractivity contribution is 0.108. The van der Waals surface area contributed by atoms with Crippen molar-refractivity contribution < 1.29 is 4.79 Å². The molecule has 1 aromatic carbocycles. The van der Waals surface area contributed by atoms with Crippen molar-refractivity contribution in [1.82, 2.24) is 0 Å². The first-order chi connectivity index (χ1) is 5.13. The number of rotatable bonds is 1. The molecule has 0 heterocycles. The number of halogens is 3.